The molecule has 0 spiro atoms. The summed E-state index contributed by atoms with van der Waals surface area (Å²) in [5.74, 6) is 2.10. The lowest BCUT2D eigenvalue weighted by molar-refractivity contribution is -0.384. The van der Waals surface area contributed by atoms with Crippen molar-refractivity contribution in [1.29, 1.82) is 0 Å². The Balaban J connectivity index is 1.22. The third-order valence-corrected chi connectivity index (χ3v) is 6.10. The van der Waals surface area contributed by atoms with Gasteiger partial charge in [0, 0.05) is 30.9 Å². The number of nitro benzene ring substituents is 1. The van der Waals surface area contributed by atoms with Crippen LogP contribution in [-0.4, -0.2) is 39.2 Å². The van der Waals surface area contributed by atoms with Crippen molar-refractivity contribution in [3.63, 3.8) is 0 Å². The third-order valence-electron chi connectivity index (χ3n) is 6.10. The van der Waals surface area contributed by atoms with Crippen LogP contribution in [0.1, 0.15) is 30.4 Å². The van der Waals surface area contributed by atoms with Crippen molar-refractivity contribution >= 4 is 35.4 Å². The predicted octanol–water partition coefficient (Wildman–Crippen LogP) is 5.54. The highest BCUT2D eigenvalue weighted by atomic mass is 16.6. The first-order valence-corrected chi connectivity index (χ1v) is 12.7. The first-order valence-electron chi connectivity index (χ1n) is 12.7. The summed E-state index contributed by atoms with van der Waals surface area (Å²) in [5.41, 5.74) is 5.58. The summed E-state index contributed by atoms with van der Waals surface area (Å²) in [7, 11) is 0. The van der Waals surface area contributed by atoms with Crippen LogP contribution in [-0.2, 0) is 6.61 Å². The minimum absolute atomic E-state index is 0.0552. The third kappa shape index (κ3) is 7.25. The largest absolute Gasteiger partial charge is 0.489 e. The molecule has 0 amide bonds. The van der Waals surface area contributed by atoms with Crippen molar-refractivity contribution < 1.29 is 9.66 Å². The number of para-hydroxylation sites is 1. The second-order valence-electron chi connectivity index (χ2n) is 8.97. The number of hydrazone groups is 1. The number of rotatable bonds is 10. The van der Waals surface area contributed by atoms with E-state index in [1.165, 1.54) is 18.6 Å². The molecule has 2 heterocycles. The molecule has 0 unspecified atom stereocenters. The van der Waals surface area contributed by atoms with Crippen molar-refractivity contribution in [2.45, 2.75) is 25.9 Å². The number of nitro groups is 1. The summed E-state index contributed by atoms with van der Waals surface area (Å²) in [5, 5.41) is 18.4. The van der Waals surface area contributed by atoms with Gasteiger partial charge in [0.05, 0.1) is 11.1 Å². The molecule has 11 heteroatoms. The number of piperidine rings is 1. The van der Waals surface area contributed by atoms with Crippen molar-refractivity contribution in [3.05, 3.63) is 100 Å². The van der Waals surface area contributed by atoms with Crippen molar-refractivity contribution in [2.75, 3.05) is 28.7 Å². The number of non-ortho nitro benzene ring substituents is 1. The Morgan fingerprint density at radius 2 is 1.62 bits per heavy atom. The Morgan fingerprint density at radius 3 is 2.33 bits per heavy atom. The van der Waals surface area contributed by atoms with Crippen LogP contribution in [0.2, 0.25) is 0 Å². The number of ether oxygens (including phenoxy) is 1. The predicted molar refractivity (Wildman–Crippen MR) is 151 cm³/mol. The summed E-state index contributed by atoms with van der Waals surface area (Å²) in [4.78, 5) is 26.3. The Hall–Kier alpha value is -5.06. The molecule has 2 N–H and O–H groups in total. The molecule has 1 fully saturated rings. The maximum absolute atomic E-state index is 10.8. The highest BCUT2D eigenvalue weighted by Gasteiger charge is 2.16. The number of nitrogens with one attached hydrogen (secondary N) is 2. The lowest BCUT2D eigenvalue weighted by atomic mass is 10.1. The molecule has 0 aliphatic carbocycles. The maximum Gasteiger partial charge on any atom is 0.269 e. The Labute approximate surface area is 225 Å². The minimum Gasteiger partial charge on any atom is -0.489 e. The van der Waals surface area contributed by atoms with E-state index < -0.39 is 4.92 Å². The van der Waals surface area contributed by atoms with Gasteiger partial charge in [-0.1, -0.05) is 18.2 Å². The molecule has 0 saturated carbocycles. The SMILES string of the molecule is O=[N+]([O-])c1ccc(COc2ccc(/C=N\Nc3nc(Nc4ccccc4)nc(N4CCCCC4)n3)cc2)cc1. The topological polar surface area (TPSA) is 131 Å². The Kier molecular flexibility index (Phi) is 8.17. The summed E-state index contributed by atoms with van der Waals surface area (Å²) >= 11 is 0. The van der Waals surface area contributed by atoms with Gasteiger partial charge in [0.2, 0.25) is 17.8 Å². The van der Waals surface area contributed by atoms with Crippen LogP contribution < -0.4 is 20.4 Å². The van der Waals surface area contributed by atoms with Gasteiger partial charge in [-0.2, -0.15) is 20.1 Å². The fraction of sp³-hybridized carbons (Fsp3) is 0.214. The molecular weight excluding hydrogens is 496 g/mol. The van der Waals surface area contributed by atoms with E-state index in [1.54, 1.807) is 18.3 Å². The summed E-state index contributed by atoms with van der Waals surface area (Å²) in [6.45, 7) is 2.14. The van der Waals surface area contributed by atoms with Crippen LogP contribution in [0.4, 0.5) is 29.2 Å². The fourth-order valence-electron chi connectivity index (χ4n) is 4.05. The zero-order valence-corrected chi connectivity index (χ0v) is 21.2. The van der Waals surface area contributed by atoms with Crippen LogP contribution in [0.5, 0.6) is 5.75 Å². The van der Waals surface area contributed by atoms with Crippen LogP contribution in [0.15, 0.2) is 84.0 Å². The van der Waals surface area contributed by atoms with Crippen molar-refractivity contribution in [3.8, 4) is 5.75 Å². The zero-order chi connectivity index (χ0) is 26.9. The average Bonchev–Trinajstić information content (AvgIpc) is 2.98. The maximum atomic E-state index is 10.8. The van der Waals surface area contributed by atoms with Crippen molar-refractivity contribution in [2.24, 2.45) is 5.10 Å². The molecule has 0 radical (unpaired) electrons. The van der Waals surface area contributed by atoms with E-state index in [1.807, 2.05) is 54.6 Å². The van der Waals surface area contributed by atoms with Crippen LogP contribution in [0, 0.1) is 10.1 Å². The number of nitrogens with zero attached hydrogens (tertiary/aromatic N) is 6. The van der Waals surface area contributed by atoms with Crippen LogP contribution >= 0.6 is 0 Å². The minimum atomic E-state index is -0.422. The monoisotopic (exact) mass is 524 g/mol. The van der Waals surface area contributed by atoms with E-state index in [0.717, 1.165) is 42.7 Å². The molecule has 3 aromatic carbocycles. The van der Waals surface area contributed by atoms with Gasteiger partial charge in [-0.15, -0.1) is 0 Å². The standard InChI is InChI=1S/C28H28N8O3/c37-36(38)24-13-9-22(10-14-24)20-39-25-15-11-21(12-16-25)19-29-34-27-31-26(30-23-7-3-1-4-8-23)32-28(33-27)35-17-5-2-6-18-35/h1,3-4,7-16,19H,2,5-6,17-18,20H2,(H2,30,31,32,33,34)/b29-19-. The molecule has 1 saturated heterocycles. The van der Waals surface area contributed by atoms with E-state index in [-0.39, 0.29) is 5.69 Å². The van der Waals surface area contributed by atoms with Gasteiger partial charge >= 0.3 is 0 Å². The molecule has 11 nitrogen and oxygen atoms in total. The summed E-state index contributed by atoms with van der Waals surface area (Å²) in [6, 6.07) is 23.5. The molecule has 1 aliphatic rings. The van der Waals surface area contributed by atoms with Gasteiger partial charge in [-0.25, -0.2) is 5.43 Å². The highest BCUT2D eigenvalue weighted by Crippen LogP contribution is 2.21. The van der Waals surface area contributed by atoms with E-state index >= 15 is 0 Å². The normalized spacial score (nSPS) is 13.3. The number of hydrogen-bond donors (Lipinski definition) is 2. The second-order valence-corrected chi connectivity index (χ2v) is 8.97. The average molecular weight is 525 g/mol. The lowest BCUT2D eigenvalue weighted by Gasteiger charge is -2.26. The number of aromatic nitrogens is 3. The smallest absolute Gasteiger partial charge is 0.269 e. The highest BCUT2D eigenvalue weighted by molar-refractivity contribution is 5.80. The number of benzene rings is 3. The van der Waals surface area contributed by atoms with E-state index in [0.29, 0.717) is 30.2 Å². The van der Waals surface area contributed by atoms with Gasteiger partial charge in [-0.05, 0) is 78.9 Å². The molecule has 1 aliphatic heterocycles. The molecule has 0 bridgehead atoms. The van der Waals surface area contributed by atoms with Crippen LogP contribution in [0.25, 0.3) is 0 Å². The molecular formula is C28H28N8O3. The Bertz CT molecular complexity index is 1410. The fourth-order valence-corrected chi connectivity index (χ4v) is 4.05. The quantitative estimate of drug-likeness (QED) is 0.156. The van der Waals surface area contributed by atoms with Gasteiger partial charge in [-0.3, -0.25) is 10.1 Å². The molecule has 39 heavy (non-hydrogen) atoms. The lowest BCUT2D eigenvalue weighted by Crippen LogP contribution is -2.31. The van der Waals surface area contributed by atoms with Gasteiger partial charge in [0.15, 0.2) is 0 Å². The second kappa shape index (κ2) is 12.5. The van der Waals surface area contributed by atoms with E-state index in [9.17, 15) is 10.1 Å². The Morgan fingerprint density at radius 1 is 0.897 bits per heavy atom. The van der Waals surface area contributed by atoms with Gasteiger partial charge in [0.1, 0.15) is 12.4 Å². The molecule has 4 aromatic rings. The zero-order valence-electron chi connectivity index (χ0n) is 21.2. The van der Waals surface area contributed by atoms with Gasteiger partial charge < -0.3 is 15.0 Å². The van der Waals surface area contributed by atoms with Gasteiger partial charge in [0.25, 0.3) is 5.69 Å². The van der Waals surface area contributed by atoms with E-state index in [4.69, 9.17) is 4.74 Å². The van der Waals surface area contributed by atoms with E-state index in [2.05, 4.69) is 35.7 Å². The number of hydrogen-bond acceptors (Lipinski definition) is 10. The van der Waals surface area contributed by atoms with Crippen LogP contribution in [0.3, 0.4) is 0 Å². The summed E-state index contributed by atoms with van der Waals surface area (Å²) in [6.07, 6.45) is 5.12. The molecule has 0 atom stereocenters. The molecule has 1 aromatic heterocycles. The summed E-state index contributed by atoms with van der Waals surface area (Å²) < 4.78 is 5.79. The number of anilines is 4. The molecule has 198 valence electrons. The molecule has 5 rings (SSSR count). The van der Waals surface area contributed by atoms with Crippen molar-refractivity contribution in [1.82, 2.24) is 15.0 Å². The first kappa shape index (κ1) is 25.6. The first-order chi connectivity index (χ1) is 19.1.